The van der Waals surface area contributed by atoms with Crippen molar-refractivity contribution in [1.82, 2.24) is 4.90 Å². The normalized spacial score (nSPS) is 12.4. The zero-order valence-corrected chi connectivity index (χ0v) is 18.7. The molecule has 2 aromatic carbocycles. The molecule has 1 aliphatic rings. The van der Waals surface area contributed by atoms with Gasteiger partial charge in [-0.3, -0.25) is 9.59 Å². The Balaban J connectivity index is 1.75. The monoisotopic (exact) mass is 456 g/mol. The zero-order valence-electron chi connectivity index (χ0n) is 17.8. The molecule has 2 aromatic rings. The van der Waals surface area contributed by atoms with Crippen LogP contribution in [0.5, 0.6) is 11.5 Å². The van der Waals surface area contributed by atoms with Crippen LogP contribution in [0.25, 0.3) is 0 Å². The summed E-state index contributed by atoms with van der Waals surface area (Å²) in [4.78, 5) is 38.8. The van der Waals surface area contributed by atoms with Crippen molar-refractivity contribution in [3.05, 3.63) is 58.1 Å². The number of hydrogen-bond acceptors (Lipinski definition) is 7. The first-order valence-corrected chi connectivity index (χ1v) is 10.5. The van der Waals surface area contributed by atoms with Crippen LogP contribution < -0.4 is 10.5 Å². The Morgan fingerprint density at radius 2 is 1.97 bits per heavy atom. The summed E-state index contributed by atoms with van der Waals surface area (Å²) in [5.41, 5.74) is 8.29. The number of phenols is 1. The Morgan fingerprint density at radius 1 is 1.22 bits per heavy atom. The second-order valence-electron chi connectivity index (χ2n) is 7.24. The van der Waals surface area contributed by atoms with Crippen LogP contribution in [0.15, 0.2) is 30.3 Å². The average Bonchev–Trinajstić information content (AvgIpc) is 3.06. The number of amides is 1. The third-order valence-electron chi connectivity index (χ3n) is 5.11. The molecular weight excluding hydrogens is 432 g/mol. The van der Waals surface area contributed by atoms with E-state index in [4.69, 9.17) is 27.4 Å². The van der Waals surface area contributed by atoms with E-state index in [0.717, 1.165) is 5.56 Å². The number of ketones is 1. The summed E-state index contributed by atoms with van der Waals surface area (Å²) in [6.07, 6.45) is 0.509. The van der Waals surface area contributed by atoms with Crippen molar-refractivity contribution in [3.8, 4) is 11.5 Å². The lowest BCUT2D eigenvalue weighted by Gasteiger charge is -2.17. The minimum Gasteiger partial charge on any atom is -0.507 e. The number of nitrogens with two attached hydrogens (primary N) is 1. The lowest BCUT2D eigenvalue weighted by atomic mass is 10.0. The van der Waals surface area contributed by atoms with E-state index in [0.29, 0.717) is 28.9 Å². The number of carbonyl (C=O) groups is 3. The second-order valence-corrected chi connectivity index (χ2v) is 7.68. The first-order chi connectivity index (χ1) is 15.2. The summed E-state index contributed by atoms with van der Waals surface area (Å²) in [5, 5.41) is 10.4. The number of rotatable bonds is 9. The molecule has 0 saturated heterocycles. The number of Topliss-reactive ketones (excluding diaryl/α,β-unsaturated/α-hetero) is 1. The molecule has 0 radical (unpaired) electrons. The summed E-state index contributed by atoms with van der Waals surface area (Å²) in [6.45, 7) is 3.53. The van der Waals surface area contributed by atoms with Crippen molar-refractivity contribution in [2.75, 3.05) is 19.8 Å². The van der Waals surface area contributed by atoms with E-state index in [1.54, 1.807) is 25.1 Å². The van der Waals surface area contributed by atoms with E-state index in [2.05, 4.69) is 0 Å². The standard InChI is InChI=1S/C23H24N2O6S/c1-3-13-8-17(18(26)9-20(13)31-12-21(28)30-4-2)19(27)11-25-10-15-7-14(22(24)32)5-6-16(15)23(25)29/h5-9,26H,3-4,10-12H2,1-2H3,(H2,24,32). The molecule has 9 heteroatoms. The van der Waals surface area contributed by atoms with Gasteiger partial charge in [-0.1, -0.05) is 25.2 Å². The van der Waals surface area contributed by atoms with E-state index in [1.807, 2.05) is 6.92 Å². The number of hydrogen-bond donors (Lipinski definition) is 2. The molecule has 3 rings (SSSR count). The predicted octanol–water partition coefficient (Wildman–Crippen LogP) is 2.37. The highest BCUT2D eigenvalue weighted by Crippen LogP contribution is 2.31. The van der Waals surface area contributed by atoms with Gasteiger partial charge in [-0.25, -0.2) is 4.79 Å². The van der Waals surface area contributed by atoms with Gasteiger partial charge in [-0.15, -0.1) is 0 Å². The van der Waals surface area contributed by atoms with Gasteiger partial charge >= 0.3 is 5.97 Å². The Morgan fingerprint density at radius 3 is 2.62 bits per heavy atom. The lowest BCUT2D eigenvalue weighted by Crippen LogP contribution is -2.30. The summed E-state index contributed by atoms with van der Waals surface area (Å²) in [5.74, 6) is -1.20. The zero-order chi connectivity index (χ0) is 23.4. The molecule has 8 nitrogen and oxygen atoms in total. The van der Waals surface area contributed by atoms with E-state index in [-0.39, 0.29) is 48.5 Å². The highest BCUT2D eigenvalue weighted by atomic mass is 32.1. The van der Waals surface area contributed by atoms with Crippen LogP contribution in [0, 0.1) is 0 Å². The van der Waals surface area contributed by atoms with Gasteiger partial charge in [0.15, 0.2) is 12.4 Å². The molecule has 1 heterocycles. The van der Waals surface area contributed by atoms with Gasteiger partial charge in [0.1, 0.15) is 16.5 Å². The molecule has 1 aliphatic heterocycles. The van der Waals surface area contributed by atoms with Crippen LogP contribution in [0.4, 0.5) is 0 Å². The molecule has 0 bridgehead atoms. The van der Waals surface area contributed by atoms with Crippen LogP contribution in [-0.2, 0) is 22.5 Å². The van der Waals surface area contributed by atoms with Crippen LogP contribution >= 0.6 is 12.2 Å². The number of nitrogens with zero attached hydrogens (tertiary/aromatic N) is 1. The van der Waals surface area contributed by atoms with Gasteiger partial charge in [0.2, 0.25) is 0 Å². The Labute approximate surface area is 190 Å². The van der Waals surface area contributed by atoms with Gasteiger partial charge < -0.3 is 25.2 Å². The number of phenolic OH excluding ortho intramolecular Hbond substituents is 1. The maximum absolute atomic E-state index is 12.9. The molecule has 168 valence electrons. The summed E-state index contributed by atoms with van der Waals surface area (Å²) < 4.78 is 10.3. The SMILES string of the molecule is CCOC(=O)COc1cc(O)c(C(=O)CN2Cc3cc(C(N)=S)ccc3C2=O)cc1CC. The number of thiocarbonyl (C=S) groups is 1. The number of carbonyl (C=O) groups excluding carboxylic acids is 3. The Kier molecular flexibility index (Phi) is 7.09. The van der Waals surface area contributed by atoms with Gasteiger partial charge in [0, 0.05) is 23.7 Å². The van der Waals surface area contributed by atoms with Gasteiger partial charge in [0.25, 0.3) is 5.91 Å². The van der Waals surface area contributed by atoms with Crippen molar-refractivity contribution in [2.45, 2.75) is 26.8 Å². The van der Waals surface area contributed by atoms with Crippen LogP contribution in [0.2, 0.25) is 0 Å². The van der Waals surface area contributed by atoms with E-state index < -0.39 is 11.8 Å². The van der Waals surface area contributed by atoms with E-state index in [1.165, 1.54) is 17.0 Å². The number of aryl methyl sites for hydroxylation is 1. The molecular formula is C23H24N2O6S. The van der Waals surface area contributed by atoms with Crippen molar-refractivity contribution in [3.63, 3.8) is 0 Å². The quantitative estimate of drug-likeness (QED) is 0.335. The van der Waals surface area contributed by atoms with Crippen LogP contribution in [-0.4, -0.2) is 52.4 Å². The number of esters is 1. The minimum absolute atomic E-state index is 0.0814. The topological polar surface area (TPSA) is 119 Å². The molecule has 0 saturated carbocycles. The maximum Gasteiger partial charge on any atom is 0.344 e. The number of fused-ring (bicyclic) bond motifs is 1. The fourth-order valence-electron chi connectivity index (χ4n) is 3.51. The Hall–Kier alpha value is -3.46. The Bertz CT molecular complexity index is 1100. The molecule has 3 N–H and O–H groups in total. The highest BCUT2D eigenvalue weighted by molar-refractivity contribution is 7.80. The van der Waals surface area contributed by atoms with Gasteiger partial charge in [-0.05, 0) is 42.7 Å². The number of ether oxygens (including phenoxy) is 2. The highest BCUT2D eigenvalue weighted by Gasteiger charge is 2.30. The van der Waals surface area contributed by atoms with Crippen LogP contribution in [0.1, 0.15) is 51.3 Å². The fourth-order valence-corrected chi connectivity index (χ4v) is 3.63. The smallest absolute Gasteiger partial charge is 0.344 e. The largest absolute Gasteiger partial charge is 0.507 e. The number of aromatic hydroxyl groups is 1. The summed E-state index contributed by atoms with van der Waals surface area (Å²) >= 11 is 4.98. The second kappa shape index (κ2) is 9.78. The van der Waals surface area contributed by atoms with Crippen LogP contribution in [0.3, 0.4) is 0 Å². The number of benzene rings is 2. The first kappa shape index (κ1) is 23.2. The molecule has 0 unspecified atom stereocenters. The van der Waals surface area contributed by atoms with Crippen molar-refractivity contribution >= 4 is 34.9 Å². The summed E-state index contributed by atoms with van der Waals surface area (Å²) in [7, 11) is 0. The van der Waals surface area contributed by atoms with Crippen molar-refractivity contribution < 1.29 is 29.0 Å². The molecule has 0 spiro atoms. The fraction of sp³-hybridized carbons (Fsp3) is 0.304. The van der Waals surface area contributed by atoms with Crippen molar-refractivity contribution in [2.24, 2.45) is 5.73 Å². The summed E-state index contributed by atoms with van der Waals surface area (Å²) in [6, 6.07) is 7.91. The molecule has 32 heavy (non-hydrogen) atoms. The molecule has 0 atom stereocenters. The third kappa shape index (κ3) is 4.88. The van der Waals surface area contributed by atoms with E-state index in [9.17, 15) is 19.5 Å². The van der Waals surface area contributed by atoms with Gasteiger partial charge in [-0.2, -0.15) is 0 Å². The maximum atomic E-state index is 12.9. The molecule has 1 amide bonds. The predicted molar refractivity (Wildman–Crippen MR) is 121 cm³/mol. The molecule has 0 aliphatic carbocycles. The third-order valence-corrected chi connectivity index (χ3v) is 5.35. The van der Waals surface area contributed by atoms with Crippen molar-refractivity contribution in [1.29, 1.82) is 0 Å². The average molecular weight is 457 g/mol. The lowest BCUT2D eigenvalue weighted by molar-refractivity contribution is -0.145. The van der Waals surface area contributed by atoms with E-state index >= 15 is 0 Å². The molecule has 0 fully saturated rings. The first-order valence-electron chi connectivity index (χ1n) is 10.1. The molecule has 0 aromatic heterocycles. The van der Waals surface area contributed by atoms with Gasteiger partial charge in [0.05, 0.1) is 18.7 Å². The minimum atomic E-state index is -0.528.